The van der Waals surface area contributed by atoms with E-state index in [2.05, 4.69) is 63.2 Å². The van der Waals surface area contributed by atoms with Crippen molar-refractivity contribution in [2.45, 2.75) is 33.4 Å². The molecule has 1 aliphatic heterocycles. The van der Waals surface area contributed by atoms with E-state index in [1.54, 1.807) is 0 Å². The summed E-state index contributed by atoms with van der Waals surface area (Å²) in [6.45, 7) is 11.9. The van der Waals surface area contributed by atoms with E-state index < -0.39 is 0 Å². The molecule has 1 saturated heterocycles. The van der Waals surface area contributed by atoms with Gasteiger partial charge >= 0.3 is 0 Å². The highest BCUT2D eigenvalue weighted by molar-refractivity contribution is 5.37. The van der Waals surface area contributed by atoms with Gasteiger partial charge in [0.25, 0.3) is 0 Å². The summed E-state index contributed by atoms with van der Waals surface area (Å²) in [5.41, 5.74) is 5.89. The first-order valence-corrected chi connectivity index (χ1v) is 11.2. The lowest BCUT2D eigenvalue weighted by Gasteiger charge is -2.28. The van der Waals surface area contributed by atoms with Crippen molar-refractivity contribution in [3.8, 4) is 5.69 Å². The predicted molar refractivity (Wildman–Crippen MR) is 123 cm³/mol. The van der Waals surface area contributed by atoms with Gasteiger partial charge in [-0.05, 0) is 62.2 Å². The van der Waals surface area contributed by atoms with Gasteiger partial charge < -0.3 is 4.74 Å². The van der Waals surface area contributed by atoms with Crippen LogP contribution >= 0.6 is 0 Å². The van der Waals surface area contributed by atoms with Gasteiger partial charge in [0.05, 0.1) is 24.6 Å². The maximum absolute atomic E-state index is 5.48. The second-order valence-electron chi connectivity index (χ2n) is 8.39. The molecule has 0 atom stereocenters. The number of hydrogen-bond donors (Lipinski definition) is 0. The van der Waals surface area contributed by atoms with E-state index in [1.165, 1.54) is 11.1 Å². The molecule has 31 heavy (non-hydrogen) atoms. The molecule has 1 aliphatic rings. The van der Waals surface area contributed by atoms with Crippen molar-refractivity contribution in [3.63, 3.8) is 0 Å². The standard InChI is InChI=1S/C25H33N5O/c1-21-16-22(2)30(27-21)25-8-3-6-23(17-25)19-29(20-24-7-4-9-26-18-24)11-5-10-28-12-14-31-15-13-28/h3-4,6-9,16-18H,5,10-15,19-20H2,1-2H3. The lowest BCUT2D eigenvalue weighted by atomic mass is 10.1. The summed E-state index contributed by atoms with van der Waals surface area (Å²) in [7, 11) is 0. The largest absolute Gasteiger partial charge is 0.379 e. The molecule has 0 saturated carbocycles. The van der Waals surface area contributed by atoms with Gasteiger partial charge in [-0.15, -0.1) is 0 Å². The third kappa shape index (κ3) is 6.23. The summed E-state index contributed by atoms with van der Waals surface area (Å²) >= 11 is 0. The Morgan fingerprint density at radius 2 is 1.81 bits per heavy atom. The Morgan fingerprint density at radius 1 is 1.00 bits per heavy atom. The number of ether oxygens (including phenoxy) is 1. The van der Waals surface area contributed by atoms with Crippen LogP contribution in [-0.2, 0) is 17.8 Å². The van der Waals surface area contributed by atoms with Crippen LogP contribution in [0.3, 0.4) is 0 Å². The smallest absolute Gasteiger partial charge is 0.0651 e. The first-order valence-electron chi connectivity index (χ1n) is 11.2. The molecule has 3 heterocycles. The normalized spacial score (nSPS) is 14.9. The van der Waals surface area contributed by atoms with E-state index in [-0.39, 0.29) is 0 Å². The molecule has 1 aromatic carbocycles. The lowest BCUT2D eigenvalue weighted by Crippen LogP contribution is -2.38. The molecular weight excluding hydrogens is 386 g/mol. The number of morpholine rings is 1. The Morgan fingerprint density at radius 3 is 2.55 bits per heavy atom. The van der Waals surface area contributed by atoms with Gasteiger partial charge in [0.2, 0.25) is 0 Å². The number of pyridine rings is 1. The summed E-state index contributed by atoms with van der Waals surface area (Å²) < 4.78 is 7.51. The van der Waals surface area contributed by atoms with Gasteiger partial charge in [-0.1, -0.05) is 18.2 Å². The van der Waals surface area contributed by atoms with Gasteiger partial charge in [0.1, 0.15) is 0 Å². The molecule has 2 aromatic heterocycles. The number of hydrogen-bond acceptors (Lipinski definition) is 5. The highest BCUT2D eigenvalue weighted by Crippen LogP contribution is 2.16. The van der Waals surface area contributed by atoms with E-state index in [0.717, 1.165) is 76.0 Å². The van der Waals surface area contributed by atoms with E-state index >= 15 is 0 Å². The van der Waals surface area contributed by atoms with E-state index in [1.807, 2.05) is 30.1 Å². The fourth-order valence-corrected chi connectivity index (χ4v) is 4.24. The van der Waals surface area contributed by atoms with Crippen LogP contribution in [0, 0.1) is 13.8 Å². The SMILES string of the molecule is Cc1cc(C)n(-c2cccc(CN(CCCN3CCOCC3)Cc3cccnc3)c2)n1. The van der Waals surface area contributed by atoms with E-state index in [4.69, 9.17) is 4.74 Å². The molecule has 6 nitrogen and oxygen atoms in total. The van der Waals surface area contributed by atoms with Gasteiger partial charge in [-0.2, -0.15) is 5.10 Å². The molecule has 0 aliphatic carbocycles. The zero-order valence-electron chi connectivity index (χ0n) is 18.7. The minimum absolute atomic E-state index is 0.860. The first-order chi connectivity index (χ1) is 15.2. The third-order valence-corrected chi connectivity index (χ3v) is 5.75. The van der Waals surface area contributed by atoms with Crippen molar-refractivity contribution in [1.82, 2.24) is 24.6 Å². The Bertz CT molecular complexity index is 950. The Balaban J connectivity index is 1.44. The van der Waals surface area contributed by atoms with Gasteiger partial charge in [-0.25, -0.2) is 4.68 Å². The van der Waals surface area contributed by atoms with Crippen molar-refractivity contribution in [1.29, 1.82) is 0 Å². The summed E-state index contributed by atoms with van der Waals surface area (Å²) in [5.74, 6) is 0. The molecular formula is C25H33N5O. The molecule has 6 heteroatoms. The van der Waals surface area contributed by atoms with Crippen LogP contribution in [0.1, 0.15) is 28.9 Å². The van der Waals surface area contributed by atoms with Crippen LogP contribution in [0.25, 0.3) is 5.69 Å². The fourth-order valence-electron chi connectivity index (χ4n) is 4.24. The van der Waals surface area contributed by atoms with Crippen LogP contribution in [0.2, 0.25) is 0 Å². The second-order valence-corrected chi connectivity index (χ2v) is 8.39. The van der Waals surface area contributed by atoms with Gasteiger partial charge in [0.15, 0.2) is 0 Å². The molecule has 3 aromatic rings. The van der Waals surface area contributed by atoms with Gasteiger partial charge in [-0.3, -0.25) is 14.8 Å². The summed E-state index contributed by atoms with van der Waals surface area (Å²) in [6, 6.07) is 15.0. The van der Waals surface area contributed by atoms with Crippen LogP contribution in [-0.4, -0.2) is 64.0 Å². The molecule has 1 fully saturated rings. The molecule has 4 rings (SSSR count). The highest BCUT2D eigenvalue weighted by atomic mass is 16.5. The topological polar surface area (TPSA) is 46.4 Å². The molecule has 0 amide bonds. The summed E-state index contributed by atoms with van der Waals surface area (Å²) in [5, 5.41) is 4.65. The summed E-state index contributed by atoms with van der Waals surface area (Å²) in [6.07, 6.45) is 4.96. The van der Waals surface area contributed by atoms with Crippen LogP contribution in [0.5, 0.6) is 0 Å². The number of nitrogens with zero attached hydrogens (tertiary/aromatic N) is 5. The monoisotopic (exact) mass is 419 g/mol. The maximum atomic E-state index is 5.48. The quantitative estimate of drug-likeness (QED) is 0.530. The number of benzene rings is 1. The molecule has 164 valence electrons. The fraction of sp³-hybridized carbons (Fsp3) is 0.440. The Hall–Kier alpha value is -2.54. The Labute approximate surface area is 185 Å². The van der Waals surface area contributed by atoms with Crippen molar-refractivity contribution in [2.24, 2.45) is 0 Å². The number of rotatable bonds is 9. The van der Waals surface area contributed by atoms with Crippen LogP contribution in [0.15, 0.2) is 54.9 Å². The summed E-state index contributed by atoms with van der Waals surface area (Å²) in [4.78, 5) is 9.34. The minimum atomic E-state index is 0.860. The van der Waals surface area contributed by atoms with Crippen molar-refractivity contribution >= 4 is 0 Å². The molecule has 0 unspecified atom stereocenters. The van der Waals surface area contributed by atoms with Crippen LogP contribution in [0.4, 0.5) is 0 Å². The second kappa shape index (κ2) is 10.7. The minimum Gasteiger partial charge on any atom is -0.379 e. The molecule has 0 N–H and O–H groups in total. The number of aromatic nitrogens is 3. The van der Waals surface area contributed by atoms with E-state index in [0.29, 0.717) is 0 Å². The maximum Gasteiger partial charge on any atom is 0.0651 e. The van der Waals surface area contributed by atoms with E-state index in [9.17, 15) is 0 Å². The molecule has 0 radical (unpaired) electrons. The average Bonchev–Trinajstić information content (AvgIpc) is 3.13. The Kier molecular flexibility index (Phi) is 7.46. The van der Waals surface area contributed by atoms with Gasteiger partial charge in [0, 0.05) is 50.8 Å². The zero-order chi connectivity index (χ0) is 21.5. The van der Waals surface area contributed by atoms with Crippen LogP contribution < -0.4 is 0 Å². The lowest BCUT2D eigenvalue weighted by molar-refractivity contribution is 0.0359. The average molecular weight is 420 g/mol. The first kappa shape index (κ1) is 21.7. The zero-order valence-corrected chi connectivity index (χ0v) is 18.7. The molecule has 0 bridgehead atoms. The highest BCUT2D eigenvalue weighted by Gasteiger charge is 2.13. The van der Waals surface area contributed by atoms with Crippen molar-refractivity contribution < 1.29 is 4.74 Å². The predicted octanol–water partition coefficient (Wildman–Crippen LogP) is 3.61. The van der Waals surface area contributed by atoms with Crippen molar-refractivity contribution in [3.05, 3.63) is 77.4 Å². The molecule has 0 spiro atoms. The number of aryl methyl sites for hydroxylation is 2. The third-order valence-electron chi connectivity index (χ3n) is 5.75. The van der Waals surface area contributed by atoms with Crippen molar-refractivity contribution in [2.75, 3.05) is 39.4 Å².